The molecule has 2 nitrogen and oxygen atoms in total. The summed E-state index contributed by atoms with van der Waals surface area (Å²) in [4.78, 5) is 2.34. The highest BCUT2D eigenvalue weighted by Crippen LogP contribution is 2.32. The van der Waals surface area contributed by atoms with Gasteiger partial charge in [0.2, 0.25) is 0 Å². The molecule has 76 valence electrons. The number of benzene rings is 1. The third-order valence-corrected chi connectivity index (χ3v) is 2.93. The van der Waals surface area contributed by atoms with Gasteiger partial charge in [-0.05, 0) is 24.6 Å². The van der Waals surface area contributed by atoms with Crippen molar-refractivity contribution in [2.75, 3.05) is 25.0 Å². The van der Waals surface area contributed by atoms with E-state index in [1.54, 1.807) is 0 Å². The van der Waals surface area contributed by atoms with Crippen molar-refractivity contribution in [1.82, 2.24) is 5.32 Å². The average molecular weight is 190 g/mol. The maximum atomic E-state index is 3.53. The lowest BCUT2D eigenvalue weighted by Crippen LogP contribution is -2.33. The molecule has 1 aliphatic rings. The van der Waals surface area contributed by atoms with Crippen molar-refractivity contribution < 1.29 is 0 Å². The summed E-state index contributed by atoms with van der Waals surface area (Å²) in [5.41, 5.74) is 2.83. The molecule has 1 heterocycles. The third-order valence-electron chi connectivity index (χ3n) is 2.93. The van der Waals surface area contributed by atoms with Crippen LogP contribution in [-0.2, 0) is 0 Å². The minimum atomic E-state index is 0.549. The van der Waals surface area contributed by atoms with Gasteiger partial charge in [0.25, 0.3) is 0 Å². The standard InChI is InChI=1S/C12H18N2/c1-3-13-11-8-9-14(2)12-7-5-4-6-10(11)12/h4-7,11,13H,3,8-9H2,1-2H3. The van der Waals surface area contributed by atoms with Gasteiger partial charge in [-0.2, -0.15) is 0 Å². The van der Waals surface area contributed by atoms with E-state index < -0.39 is 0 Å². The predicted octanol–water partition coefficient (Wildman–Crippen LogP) is 2.18. The molecule has 2 heteroatoms. The summed E-state index contributed by atoms with van der Waals surface area (Å²) >= 11 is 0. The van der Waals surface area contributed by atoms with Gasteiger partial charge >= 0.3 is 0 Å². The Morgan fingerprint density at radius 2 is 2.21 bits per heavy atom. The summed E-state index contributed by atoms with van der Waals surface area (Å²) in [7, 11) is 2.17. The lowest BCUT2D eigenvalue weighted by atomic mass is 9.97. The first-order chi connectivity index (χ1) is 6.83. The Hall–Kier alpha value is -1.02. The number of anilines is 1. The molecule has 1 atom stereocenters. The van der Waals surface area contributed by atoms with Gasteiger partial charge in [-0.15, -0.1) is 0 Å². The fourth-order valence-corrected chi connectivity index (χ4v) is 2.19. The Morgan fingerprint density at radius 3 is 3.00 bits per heavy atom. The summed E-state index contributed by atoms with van der Waals surface area (Å²) in [6.07, 6.45) is 1.21. The molecule has 1 aromatic carbocycles. The number of hydrogen-bond acceptors (Lipinski definition) is 2. The van der Waals surface area contributed by atoms with Gasteiger partial charge in [0.15, 0.2) is 0 Å². The van der Waals surface area contributed by atoms with Crippen molar-refractivity contribution >= 4 is 5.69 Å². The second-order valence-corrected chi connectivity index (χ2v) is 3.88. The molecule has 1 N–H and O–H groups in total. The molecular formula is C12H18N2. The summed E-state index contributed by atoms with van der Waals surface area (Å²) in [6.45, 7) is 4.36. The maximum absolute atomic E-state index is 3.53. The Morgan fingerprint density at radius 1 is 1.43 bits per heavy atom. The van der Waals surface area contributed by atoms with Crippen LogP contribution in [0.5, 0.6) is 0 Å². The molecule has 0 radical (unpaired) electrons. The second-order valence-electron chi connectivity index (χ2n) is 3.88. The SMILES string of the molecule is CCNC1CCN(C)c2ccccc21. The number of nitrogens with zero attached hydrogens (tertiary/aromatic N) is 1. The third kappa shape index (κ3) is 1.62. The van der Waals surface area contributed by atoms with Crippen LogP contribution in [0.1, 0.15) is 24.9 Å². The second kappa shape index (κ2) is 4.01. The van der Waals surface area contributed by atoms with Crippen molar-refractivity contribution in [2.45, 2.75) is 19.4 Å². The monoisotopic (exact) mass is 190 g/mol. The number of hydrogen-bond donors (Lipinski definition) is 1. The van der Waals surface area contributed by atoms with Crippen LogP contribution in [0.25, 0.3) is 0 Å². The van der Waals surface area contributed by atoms with Gasteiger partial charge in [-0.3, -0.25) is 0 Å². The van der Waals surface area contributed by atoms with E-state index in [0.717, 1.165) is 13.1 Å². The van der Waals surface area contributed by atoms with Crippen molar-refractivity contribution in [1.29, 1.82) is 0 Å². The van der Waals surface area contributed by atoms with Crippen LogP contribution in [0.4, 0.5) is 5.69 Å². The molecular weight excluding hydrogens is 172 g/mol. The minimum Gasteiger partial charge on any atom is -0.374 e. The molecule has 0 fully saturated rings. The number of fused-ring (bicyclic) bond motifs is 1. The van der Waals surface area contributed by atoms with Crippen LogP contribution >= 0.6 is 0 Å². The fourth-order valence-electron chi connectivity index (χ4n) is 2.19. The highest BCUT2D eigenvalue weighted by Gasteiger charge is 2.21. The number of para-hydroxylation sites is 1. The molecule has 0 amide bonds. The normalized spacial score (nSPS) is 20.7. The van der Waals surface area contributed by atoms with E-state index in [1.165, 1.54) is 17.7 Å². The van der Waals surface area contributed by atoms with Gasteiger partial charge in [0.1, 0.15) is 0 Å². The average Bonchev–Trinajstić information content (AvgIpc) is 2.23. The van der Waals surface area contributed by atoms with Gasteiger partial charge in [-0.1, -0.05) is 25.1 Å². The molecule has 1 aromatic rings. The topological polar surface area (TPSA) is 15.3 Å². The highest BCUT2D eigenvalue weighted by atomic mass is 15.1. The molecule has 0 aromatic heterocycles. The van der Waals surface area contributed by atoms with Crippen LogP contribution in [0.15, 0.2) is 24.3 Å². The summed E-state index contributed by atoms with van der Waals surface area (Å²) in [5, 5.41) is 3.53. The summed E-state index contributed by atoms with van der Waals surface area (Å²) < 4.78 is 0. The fraction of sp³-hybridized carbons (Fsp3) is 0.500. The smallest absolute Gasteiger partial charge is 0.0412 e. The number of rotatable bonds is 2. The molecule has 14 heavy (non-hydrogen) atoms. The van der Waals surface area contributed by atoms with Crippen LogP contribution in [0.3, 0.4) is 0 Å². The van der Waals surface area contributed by atoms with Crippen LogP contribution in [-0.4, -0.2) is 20.1 Å². The molecule has 1 aliphatic heterocycles. The van der Waals surface area contributed by atoms with E-state index in [9.17, 15) is 0 Å². The minimum absolute atomic E-state index is 0.549. The van der Waals surface area contributed by atoms with E-state index in [1.807, 2.05) is 0 Å². The zero-order valence-electron chi connectivity index (χ0n) is 8.96. The van der Waals surface area contributed by atoms with Crippen molar-refractivity contribution in [3.63, 3.8) is 0 Å². The molecule has 2 rings (SSSR count). The van der Waals surface area contributed by atoms with Crippen LogP contribution in [0.2, 0.25) is 0 Å². The first kappa shape index (κ1) is 9.53. The van der Waals surface area contributed by atoms with E-state index >= 15 is 0 Å². The first-order valence-corrected chi connectivity index (χ1v) is 5.36. The largest absolute Gasteiger partial charge is 0.374 e. The Kier molecular flexibility index (Phi) is 2.73. The van der Waals surface area contributed by atoms with Crippen molar-refractivity contribution in [2.24, 2.45) is 0 Å². The number of nitrogens with one attached hydrogen (secondary N) is 1. The van der Waals surface area contributed by atoms with E-state index in [-0.39, 0.29) is 0 Å². The van der Waals surface area contributed by atoms with E-state index in [0.29, 0.717) is 6.04 Å². The molecule has 0 saturated carbocycles. The molecule has 0 saturated heterocycles. The maximum Gasteiger partial charge on any atom is 0.0412 e. The Balaban J connectivity index is 2.31. The lowest BCUT2D eigenvalue weighted by Gasteiger charge is -2.33. The van der Waals surface area contributed by atoms with Gasteiger partial charge in [-0.25, -0.2) is 0 Å². The van der Waals surface area contributed by atoms with E-state index in [2.05, 4.69) is 48.5 Å². The van der Waals surface area contributed by atoms with Gasteiger partial charge in [0.05, 0.1) is 0 Å². The molecule has 0 aliphatic carbocycles. The Labute approximate surface area is 85.9 Å². The molecule has 1 unspecified atom stereocenters. The summed E-state index contributed by atoms with van der Waals surface area (Å²) in [5.74, 6) is 0. The Bertz CT molecular complexity index is 309. The zero-order valence-corrected chi connectivity index (χ0v) is 8.96. The van der Waals surface area contributed by atoms with E-state index in [4.69, 9.17) is 0 Å². The molecule has 0 bridgehead atoms. The lowest BCUT2D eigenvalue weighted by molar-refractivity contribution is 0.499. The predicted molar refractivity (Wildman–Crippen MR) is 60.7 cm³/mol. The first-order valence-electron chi connectivity index (χ1n) is 5.36. The van der Waals surface area contributed by atoms with Crippen LogP contribution in [0, 0.1) is 0 Å². The van der Waals surface area contributed by atoms with Crippen molar-refractivity contribution in [3.05, 3.63) is 29.8 Å². The van der Waals surface area contributed by atoms with Gasteiger partial charge in [0, 0.05) is 25.3 Å². The quantitative estimate of drug-likeness (QED) is 0.769. The van der Waals surface area contributed by atoms with Crippen molar-refractivity contribution in [3.8, 4) is 0 Å². The van der Waals surface area contributed by atoms with Crippen LogP contribution < -0.4 is 10.2 Å². The van der Waals surface area contributed by atoms with Gasteiger partial charge < -0.3 is 10.2 Å². The zero-order chi connectivity index (χ0) is 9.97. The molecule has 0 spiro atoms. The highest BCUT2D eigenvalue weighted by molar-refractivity contribution is 5.56. The summed E-state index contributed by atoms with van der Waals surface area (Å²) in [6, 6.07) is 9.23.